The zero-order valence-corrected chi connectivity index (χ0v) is 12.9. The Kier molecular flexibility index (Phi) is 5.94. The molecular formula is C13H20N2O4S. The van der Waals surface area contributed by atoms with Gasteiger partial charge in [0.05, 0.1) is 10.7 Å². The predicted octanol–water partition coefficient (Wildman–Crippen LogP) is 2.60. The lowest BCUT2D eigenvalue weighted by molar-refractivity contribution is -0.140. The van der Waals surface area contributed by atoms with Crippen LogP contribution in [0.15, 0.2) is 5.38 Å². The van der Waals surface area contributed by atoms with E-state index in [0.717, 1.165) is 5.01 Å². The normalized spacial score (nSPS) is 12.5. The molecule has 1 atom stereocenters. The van der Waals surface area contributed by atoms with Gasteiger partial charge in [0.15, 0.2) is 0 Å². The molecule has 7 heteroatoms. The molecule has 2 N–H and O–H groups in total. The SMILES string of the molecule is CC(C)c1nc(COC(=O)N[C@H](C(=O)O)C(C)C)cs1. The number of amides is 1. The van der Waals surface area contributed by atoms with Crippen LogP contribution in [0.25, 0.3) is 0 Å². The van der Waals surface area contributed by atoms with Crippen molar-refractivity contribution in [2.75, 3.05) is 0 Å². The van der Waals surface area contributed by atoms with Gasteiger partial charge < -0.3 is 15.2 Å². The van der Waals surface area contributed by atoms with E-state index in [2.05, 4.69) is 10.3 Å². The van der Waals surface area contributed by atoms with Crippen LogP contribution in [0.4, 0.5) is 4.79 Å². The van der Waals surface area contributed by atoms with Crippen molar-refractivity contribution >= 4 is 23.4 Å². The van der Waals surface area contributed by atoms with Crippen LogP contribution in [0.3, 0.4) is 0 Å². The highest BCUT2D eigenvalue weighted by atomic mass is 32.1. The van der Waals surface area contributed by atoms with Crippen molar-refractivity contribution in [1.29, 1.82) is 0 Å². The van der Waals surface area contributed by atoms with Crippen molar-refractivity contribution in [1.82, 2.24) is 10.3 Å². The Balaban J connectivity index is 2.48. The van der Waals surface area contributed by atoms with Gasteiger partial charge in [-0.15, -0.1) is 11.3 Å². The number of hydrogen-bond acceptors (Lipinski definition) is 5. The van der Waals surface area contributed by atoms with Crippen LogP contribution in [0, 0.1) is 5.92 Å². The van der Waals surface area contributed by atoms with Gasteiger partial charge in [-0.25, -0.2) is 14.6 Å². The molecule has 1 rings (SSSR count). The largest absolute Gasteiger partial charge is 0.480 e. The molecule has 1 aromatic rings. The van der Waals surface area contributed by atoms with E-state index in [1.807, 2.05) is 19.2 Å². The highest BCUT2D eigenvalue weighted by Gasteiger charge is 2.24. The lowest BCUT2D eigenvalue weighted by Gasteiger charge is -2.17. The molecule has 0 aromatic carbocycles. The first-order valence-electron chi connectivity index (χ1n) is 6.41. The van der Waals surface area contributed by atoms with Crippen molar-refractivity contribution < 1.29 is 19.4 Å². The summed E-state index contributed by atoms with van der Waals surface area (Å²) in [4.78, 5) is 26.8. The van der Waals surface area contributed by atoms with Crippen molar-refractivity contribution in [3.63, 3.8) is 0 Å². The summed E-state index contributed by atoms with van der Waals surface area (Å²) in [6, 6.07) is -0.954. The van der Waals surface area contributed by atoms with Gasteiger partial charge >= 0.3 is 12.1 Å². The molecule has 1 amide bonds. The molecule has 6 nitrogen and oxygen atoms in total. The summed E-state index contributed by atoms with van der Waals surface area (Å²) in [7, 11) is 0. The fourth-order valence-corrected chi connectivity index (χ4v) is 2.30. The van der Waals surface area contributed by atoms with Crippen LogP contribution in [0.1, 0.15) is 44.3 Å². The quantitative estimate of drug-likeness (QED) is 0.843. The summed E-state index contributed by atoms with van der Waals surface area (Å²) in [6.45, 7) is 7.55. The van der Waals surface area contributed by atoms with Crippen molar-refractivity contribution in [2.45, 2.75) is 46.3 Å². The Morgan fingerprint density at radius 2 is 2.05 bits per heavy atom. The summed E-state index contributed by atoms with van der Waals surface area (Å²) in [5.74, 6) is -0.959. The molecule has 0 saturated heterocycles. The Hall–Kier alpha value is -1.63. The van der Waals surface area contributed by atoms with Crippen LogP contribution in [0.2, 0.25) is 0 Å². The van der Waals surface area contributed by atoms with Gasteiger partial charge in [0.25, 0.3) is 0 Å². The van der Waals surface area contributed by atoms with Crippen molar-refractivity contribution in [3.8, 4) is 0 Å². The number of ether oxygens (including phenoxy) is 1. The maximum atomic E-state index is 11.6. The molecule has 0 aliphatic carbocycles. The predicted molar refractivity (Wildman–Crippen MR) is 75.8 cm³/mol. The highest BCUT2D eigenvalue weighted by Crippen LogP contribution is 2.19. The number of hydrogen-bond donors (Lipinski definition) is 2. The number of carbonyl (C=O) groups is 2. The first kappa shape index (κ1) is 16.4. The third kappa shape index (κ3) is 4.80. The number of aliphatic carboxylic acids is 1. The molecule has 0 saturated carbocycles. The van der Waals surface area contributed by atoms with Crippen LogP contribution in [-0.4, -0.2) is 28.2 Å². The zero-order valence-electron chi connectivity index (χ0n) is 12.0. The second kappa shape index (κ2) is 7.23. The van der Waals surface area contributed by atoms with E-state index in [-0.39, 0.29) is 12.5 Å². The molecule has 20 heavy (non-hydrogen) atoms. The maximum Gasteiger partial charge on any atom is 0.408 e. The first-order valence-corrected chi connectivity index (χ1v) is 7.29. The van der Waals surface area contributed by atoms with Crippen LogP contribution < -0.4 is 5.32 Å². The molecule has 0 radical (unpaired) electrons. The molecular weight excluding hydrogens is 280 g/mol. The topological polar surface area (TPSA) is 88.5 Å². The van der Waals surface area contributed by atoms with Gasteiger partial charge in [-0.2, -0.15) is 0 Å². The zero-order chi connectivity index (χ0) is 15.3. The van der Waals surface area contributed by atoms with E-state index >= 15 is 0 Å². The molecule has 0 fully saturated rings. The summed E-state index contributed by atoms with van der Waals surface area (Å²) >= 11 is 1.52. The van der Waals surface area contributed by atoms with Gasteiger partial charge in [0, 0.05) is 11.3 Å². The average molecular weight is 300 g/mol. The second-order valence-corrected chi connectivity index (χ2v) is 6.00. The average Bonchev–Trinajstić information content (AvgIpc) is 2.81. The third-order valence-electron chi connectivity index (χ3n) is 2.62. The van der Waals surface area contributed by atoms with Gasteiger partial charge in [-0.1, -0.05) is 27.7 Å². The van der Waals surface area contributed by atoms with E-state index < -0.39 is 18.1 Å². The van der Waals surface area contributed by atoms with Crippen molar-refractivity contribution in [2.24, 2.45) is 5.92 Å². The van der Waals surface area contributed by atoms with Gasteiger partial charge in [-0.05, 0) is 5.92 Å². The second-order valence-electron chi connectivity index (χ2n) is 5.11. The van der Waals surface area contributed by atoms with Crippen LogP contribution in [0.5, 0.6) is 0 Å². The molecule has 112 valence electrons. The molecule has 1 heterocycles. The van der Waals surface area contributed by atoms with E-state index in [4.69, 9.17) is 9.84 Å². The van der Waals surface area contributed by atoms with E-state index in [1.54, 1.807) is 13.8 Å². The highest BCUT2D eigenvalue weighted by molar-refractivity contribution is 7.09. The van der Waals surface area contributed by atoms with E-state index in [0.29, 0.717) is 11.6 Å². The van der Waals surface area contributed by atoms with Crippen LogP contribution >= 0.6 is 11.3 Å². The van der Waals surface area contributed by atoms with Crippen LogP contribution in [-0.2, 0) is 16.1 Å². The first-order chi connectivity index (χ1) is 9.31. The van der Waals surface area contributed by atoms with E-state index in [1.165, 1.54) is 11.3 Å². The summed E-state index contributed by atoms with van der Waals surface area (Å²) < 4.78 is 4.98. The Labute approximate surface area is 122 Å². The number of carboxylic acid groups (broad SMARTS) is 1. The van der Waals surface area contributed by atoms with Gasteiger partial charge in [0.2, 0.25) is 0 Å². The number of alkyl carbamates (subject to hydrolysis) is 1. The molecule has 0 bridgehead atoms. The molecule has 1 aromatic heterocycles. The Morgan fingerprint density at radius 3 is 2.50 bits per heavy atom. The fourth-order valence-electron chi connectivity index (χ4n) is 1.48. The van der Waals surface area contributed by atoms with Gasteiger partial charge in [0.1, 0.15) is 12.6 Å². The lowest BCUT2D eigenvalue weighted by atomic mass is 10.1. The molecule has 0 spiro atoms. The number of carbonyl (C=O) groups excluding carboxylic acids is 1. The smallest absolute Gasteiger partial charge is 0.408 e. The Bertz CT molecular complexity index is 471. The van der Waals surface area contributed by atoms with E-state index in [9.17, 15) is 9.59 Å². The summed E-state index contributed by atoms with van der Waals surface area (Å²) in [5.41, 5.74) is 0.672. The number of aromatic nitrogens is 1. The maximum absolute atomic E-state index is 11.6. The number of nitrogens with zero attached hydrogens (tertiary/aromatic N) is 1. The third-order valence-corrected chi connectivity index (χ3v) is 3.81. The summed E-state index contributed by atoms with van der Waals surface area (Å²) in [5, 5.41) is 14.1. The number of thiazole rings is 1. The minimum absolute atomic E-state index is 0.0412. The number of nitrogens with one attached hydrogen (secondary N) is 1. The molecule has 0 aliphatic rings. The van der Waals surface area contributed by atoms with Gasteiger partial charge in [-0.3, -0.25) is 0 Å². The minimum atomic E-state index is -1.08. The number of rotatable bonds is 6. The monoisotopic (exact) mass is 300 g/mol. The summed E-state index contributed by atoms with van der Waals surface area (Å²) in [6.07, 6.45) is -0.745. The minimum Gasteiger partial charge on any atom is -0.480 e. The molecule has 0 unspecified atom stereocenters. The molecule has 0 aliphatic heterocycles. The fraction of sp³-hybridized carbons (Fsp3) is 0.615. The standard InChI is InChI=1S/C13H20N2O4S/c1-7(2)10(12(16)17)15-13(18)19-5-9-6-20-11(14-9)8(3)4/h6-8,10H,5H2,1-4H3,(H,15,18)(H,16,17)/t10-/m0/s1. The lowest BCUT2D eigenvalue weighted by Crippen LogP contribution is -2.44. The Morgan fingerprint density at radius 1 is 1.40 bits per heavy atom. The number of carboxylic acids is 1. The van der Waals surface area contributed by atoms with Crippen molar-refractivity contribution in [3.05, 3.63) is 16.1 Å².